The van der Waals surface area contributed by atoms with Gasteiger partial charge < -0.3 is 14.5 Å². The maximum Gasteiger partial charge on any atom is 0.411 e. The summed E-state index contributed by atoms with van der Waals surface area (Å²) >= 11 is 0. The standard InChI is InChI=1S/C11H16F3NO2/c1-3-8-4-5-10(17-8)9(15-2)6-16-7-11(12,13)14/h4-5,9,15H,3,6-7H2,1-2H3. The molecule has 0 bridgehead atoms. The highest BCUT2D eigenvalue weighted by Gasteiger charge is 2.28. The van der Waals surface area contributed by atoms with Gasteiger partial charge in [-0.1, -0.05) is 6.92 Å². The molecule has 1 aromatic heterocycles. The highest BCUT2D eigenvalue weighted by Crippen LogP contribution is 2.19. The van der Waals surface area contributed by atoms with Crippen molar-refractivity contribution in [3.63, 3.8) is 0 Å². The summed E-state index contributed by atoms with van der Waals surface area (Å²) in [6.45, 7) is 0.621. The molecule has 0 fully saturated rings. The van der Waals surface area contributed by atoms with Crippen LogP contribution >= 0.6 is 0 Å². The molecule has 1 atom stereocenters. The van der Waals surface area contributed by atoms with Crippen LogP contribution < -0.4 is 5.32 Å². The second-order valence-corrected chi connectivity index (χ2v) is 3.63. The summed E-state index contributed by atoms with van der Waals surface area (Å²) in [4.78, 5) is 0. The van der Waals surface area contributed by atoms with Gasteiger partial charge in [0.2, 0.25) is 0 Å². The van der Waals surface area contributed by atoms with Crippen molar-refractivity contribution in [3.8, 4) is 0 Å². The van der Waals surface area contributed by atoms with Gasteiger partial charge in [-0.3, -0.25) is 0 Å². The van der Waals surface area contributed by atoms with E-state index in [-0.39, 0.29) is 12.6 Å². The predicted molar refractivity (Wildman–Crippen MR) is 56.8 cm³/mol. The van der Waals surface area contributed by atoms with Crippen LogP contribution in [0.1, 0.15) is 24.5 Å². The second-order valence-electron chi connectivity index (χ2n) is 3.63. The third kappa shape index (κ3) is 4.79. The van der Waals surface area contributed by atoms with Crippen molar-refractivity contribution in [2.45, 2.75) is 25.6 Å². The van der Waals surface area contributed by atoms with Crippen molar-refractivity contribution < 1.29 is 22.3 Å². The molecule has 0 saturated carbocycles. The third-order valence-corrected chi connectivity index (χ3v) is 2.27. The number of alkyl halides is 3. The number of hydrogen-bond donors (Lipinski definition) is 1. The van der Waals surface area contributed by atoms with Gasteiger partial charge in [0, 0.05) is 6.42 Å². The van der Waals surface area contributed by atoms with Crippen molar-refractivity contribution >= 4 is 0 Å². The second kappa shape index (κ2) is 6.07. The molecular formula is C11H16F3NO2. The molecule has 0 spiro atoms. The number of aryl methyl sites for hydroxylation is 1. The van der Waals surface area contributed by atoms with E-state index in [4.69, 9.17) is 4.42 Å². The zero-order valence-corrected chi connectivity index (χ0v) is 9.80. The van der Waals surface area contributed by atoms with Gasteiger partial charge in [0.05, 0.1) is 12.6 Å². The van der Waals surface area contributed by atoms with Crippen molar-refractivity contribution in [3.05, 3.63) is 23.7 Å². The predicted octanol–water partition coefficient (Wildman–Crippen LogP) is 2.68. The van der Waals surface area contributed by atoms with Gasteiger partial charge in [-0.05, 0) is 19.2 Å². The zero-order valence-electron chi connectivity index (χ0n) is 9.80. The first-order chi connectivity index (χ1) is 7.96. The number of likely N-dealkylation sites (N-methyl/N-ethyl adjacent to an activating group) is 1. The average Bonchev–Trinajstić information content (AvgIpc) is 2.71. The van der Waals surface area contributed by atoms with E-state index in [9.17, 15) is 13.2 Å². The van der Waals surface area contributed by atoms with E-state index in [0.29, 0.717) is 5.76 Å². The molecule has 1 unspecified atom stereocenters. The fourth-order valence-electron chi connectivity index (χ4n) is 1.37. The molecule has 1 aromatic rings. The average molecular weight is 251 g/mol. The normalized spacial score (nSPS) is 13.9. The van der Waals surface area contributed by atoms with E-state index >= 15 is 0 Å². The molecule has 0 aliphatic rings. The van der Waals surface area contributed by atoms with Crippen LogP contribution in [0, 0.1) is 0 Å². The van der Waals surface area contributed by atoms with Gasteiger partial charge in [0.1, 0.15) is 18.1 Å². The van der Waals surface area contributed by atoms with Crippen LogP contribution in [-0.2, 0) is 11.2 Å². The summed E-state index contributed by atoms with van der Waals surface area (Å²) in [5, 5.41) is 2.86. The van der Waals surface area contributed by atoms with E-state index in [1.807, 2.05) is 13.0 Å². The monoisotopic (exact) mass is 251 g/mol. The lowest BCUT2D eigenvalue weighted by Crippen LogP contribution is -2.25. The van der Waals surface area contributed by atoms with E-state index in [1.54, 1.807) is 13.1 Å². The fraction of sp³-hybridized carbons (Fsp3) is 0.636. The summed E-state index contributed by atoms with van der Waals surface area (Å²) < 4.78 is 45.8. The van der Waals surface area contributed by atoms with Gasteiger partial charge in [0.15, 0.2) is 0 Å². The number of furan rings is 1. The third-order valence-electron chi connectivity index (χ3n) is 2.27. The van der Waals surface area contributed by atoms with Crippen LogP contribution in [0.3, 0.4) is 0 Å². The Labute approximate surface area is 97.9 Å². The molecule has 6 heteroatoms. The number of ether oxygens (including phenoxy) is 1. The van der Waals surface area contributed by atoms with Crippen LogP contribution in [0.25, 0.3) is 0 Å². The topological polar surface area (TPSA) is 34.4 Å². The van der Waals surface area contributed by atoms with Gasteiger partial charge in [0.25, 0.3) is 0 Å². The Kier molecular flexibility index (Phi) is 5.02. The highest BCUT2D eigenvalue weighted by atomic mass is 19.4. The van der Waals surface area contributed by atoms with Crippen molar-refractivity contribution in [2.75, 3.05) is 20.3 Å². The van der Waals surface area contributed by atoms with E-state index < -0.39 is 12.8 Å². The smallest absolute Gasteiger partial charge is 0.411 e. The number of halogens is 3. The molecule has 98 valence electrons. The number of hydrogen-bond acceptors (Lipinski definition) is 3. The maximum atomic E-state index is 11.9. The Hall–Kier alpha value is -1.01. The number of rotatable bonds is 6. The largest absolute Gasteiger partial charge is 0.464 e. The Morgan fingerprint density at radius 1 is 1.41 bits per heavy atom. The lowest BCUT2D eigenvalue weighted by molar-refractivity contribution is -0.175. The van der Waals surface area contributed by atoms with Gasteiger partial charge in [-0.15, -0.1) is 0 Å². The van der Waals surface area contributed by atoms with Crippen LogP contribution in [-0.4, -0.2) is 26.4 Å². The molecule has 1 N–H and O–H groups in total. The van der Waals surface area contributed by atoms with E-state index in [0.717, 1.165) is 12.2 Å². The molecule has 0 aromatic carbocycles. The number of nitrogens with one attached hydrogen (secondary N) is 1. The SMILES string of the molecule is CCc1ccc(C(COCC(F)(F)F)NC)o1. The molecule has 17 heavy (non-hydrogen) atoms. The first-order valence-corrected chi connectivity index (χ1v) is 5.36. The molecule has 3 nitrogen and oxygen atoms in total. The van der Waals surface area contributed by atoms with Crippen LogP contribution in [0.2, 0.25) is 0 Å². The lowest BCUT2D eigenvalue weighted by atomic mass is 10.2. The van der Waals surface area contributed by atoms with E-state index in [1.165, 1.54) is 0 Å². The minimum atomic E-state index is -4.30. The zero-order chi connectivity index (χ0) is 12.9. The summed E-state index contributed by atoms with van der Waals surface area (Å²) in [6.07, 6.45) is -3.55. The maximum absolute atomic E-state index is 11.9. The summed E-state index contributed by atoms with van der Waals surface area (Å²) in [5.41, 5.74) is 0. The van der Waals surface area contributed by atoms with E-state index in [2.05, 4.69) is 10.1 Å². The minimum Gasteiger partial charge on any atom is -0.464 e. The molecule has 1 heterocycles. The summed E-state index contributed by atoms with van der Waals surface area (Å²) in [7, 11) is 1.65. The quantitative estimate of drug-likeness (QED) is 0.844. The molecule has 0 saturated heterocycles. The molecule has 0 amide bonds. The highest BCUT2D eigenvalue weighted by molar-refractivity contribution is 5.10. The molecular weight excluding hydrogens is 235 g/mol. The fourth-order valence-corrected chi connectivity index (χ4v) is 1.37. The van der Waals surface area contributed by atoms with Crippen LogP contribution in [0.4, 0.5) is 13.2 Å². The molecule has 0 radical (unpaired) electrons. The molecule has 1 rings (SSSR count). The minimum absolute atomic E-state index is 0.0767. The van der Waals surface area contributed by atoms with Crippen LogP contribution in [0.5, 0.6) is 0 Å². The first kappa shape index (κ1) is 14.1. The lowest BCUT2D eigenvalue weighted by Gasteiger charge is -2.15. The van der Waals surface area contributed by atoms with Crippen molar-refractivity contribution in [1.82, 2.24) is 5.32 Å². The van der Waals surface area contributed by atoms with Gasteiger partial charge in [-0.2, -0.15) is 13.2 Å². The Bertz CT molecular complexity index is 336. The Morgan fingerprint density at radius 3 is 2.59 bits per heavy atom. The molecule has 0 aliphatic carbocycles. The summed E-state index contributed by atoms with van der Waals surface area (Å²) in [6, 6.07) is 3.19. The van der Waals surface area contributed by atoms with Crippen molar-refractivity contribution in [2.24, 2.45) is 0 Å². The van der Waals surface area contributed by atoms with Crippen molar-refractivity contribution in [1.29, 1.82) is 0 Å². The summed E-state index contributed by atoms with van der Waals surface area (Å²) in [5.74, 6) is 1.39. The first-order valence-electron chi connectivity index (χ1n) is 5.36. The van der Waals surface area contributed by atoms with Gasteiger partial charge in [-0.25, -0.2) is 0 Å². The van der Waals surface area contributed by atoms with Gasteiger partial charge >= 0.3 is 6.18 Å². The molecule has 0 aliphatic heterocycles. The van der Waals surface area contributed by atoms with Crippen LogP contribution in [0.15, 0.2) is 16.5 Å². The Balaban J connectivity index is 2.48. The Morgan fingerprint density at radius 2 is 2.12 bits per heavy atom.